The number of carbonyl (C=O) groups excluding carboxylic acids is 1. The molecule has 1 atom stereocenters. The highest BCUT2D eigenvalue weighted by Gasteiger charge is 2.35. The molecule has 1 amide bonds. The Labute approximate surface area is 200 Å². The van der Waals surface area contributed by atoms with Crippen LogP contribution in [0.15, 0.2) is 59.8 Å². The van der Waals surface area contributed by atoms with Gasteiger partial charge in [-0.25, -0.2) is 9.07 Å². The van der Waals surface area contributed by atoms with Gasteiger partial charge in [-0.1, -0.05) is 18.2 Å². The summed E-state index contributed by atoms with van der Waals surface area (Å²) in [5.74, 6) is -0.918. The van der Waals surface area contributed by atoms with Gasteiger partial charge >= 0.3 is 6.18 Å². The summed E-state index contributed by atoms with van der Waals surface area (Å²) in [5, 5.41) is 10.4. The van der Waals surface area contributed by atoms with Gasteiger partial charge in [0.1, 0.15) is 17.7 Å². The highest BCUT2D eigenvalue weighted by molar-refractivity contribution is 6.04. The maximum absolute atomic E-state index is 14.3. The number of nitrogens with one attached hydrogen (secondary N) is 2. The maximum Gasteiger partial charge on any atom is 0.419 e. The topological polar surface area (TPSA) is 62.2 Å². The third-order valence-electron chi connectivity index (χ3n) is 5.87. The molecule has 0 bridgehead atoms. The van der Waals surface area contributed by atoms with Crippen molar-refractivity contribution in [2.45, 2.75) is 32.6 Å². The lowest BCUT2D eigenvalue weighted by atomic mass is 9.96. The zero-order valence-electron chi connectivity index (χ0n) is 19.7. The van der Waals surface area contributed by atoms with Gasteiger partial charge in [0.2, 0.25) is 0 Å². The van der Waals surface area contributed by atoms with Crippen molar-refractivity contribution in [3.8, 4) is 0 Å². The summed E-state index contributed by atoms with van der Waals surface area (Å²) in [6.45, 7) is 4.35. The number of alkyl halides is 3. The fourth-order valence-corrected chi connectivity index (χ4v) is 4.06. The summed E-state index contributed by atoms with van der Waals surface area (Å²) >= 11 is 0. The van der Waals surface area contributed by atoms with E-state index in [1.54, 1.807) is 25.1 Å². The summed E-state index contributed by atoms with van der Waals surface area (Å²) < 4.78 is 54.9. The molecule has 2 heterocycles. The second-order valence-electron chi connectivity index (χ2n) is 8.82. The van der Waals surface area contributed by atoms with E-state index in [9.17, 15) is 22.4 Å². The van der Waals surface area contributed by atoms with E-state index in [0.717, 1.165) is 35.5 Å². The van der Waals surface area contributed by atoms with Crippen molar-refractivity contribution in [1.82, 2.24) is 14.7 Å². The molecule has 4 rings (SSSR count). The average Bonchev–Trinajstić information content (AvgIpc) is 3.15. The van der Waals surface area contributed by atoms with Gasteiger partial charge in [-0.15, -0.1) is 0 Å². The first-order valence-electron chi connectivity index (χ1n) is 10.9. The van der Waals surface area contributed by atoms with Crippen LogP contribution in [0.1, 0.15) is 46.9 Å². The number of aromatic nitrogens is 2. The van der Waals surface area contributed by atoms with Gasteiger partial charge in [0.25, 0.3) is 5.91 Å². The molecule has 0 saturated carbocycles. The Bertz CT molecular complexity index is 1290. The van der Waals surface area contributed by atoms with E-state index in [4.69, 9.17) is 0 Å². The fraction of sp³-hybridized carbons (Fsp3) is 0.280. The Morgan fingerprint density at radius 3 is 2.40 bits per heavy atom. The van der Waals surface area contributed by atoms with Crippen molar-refractivity contribution >= 4 is 17.5 Å². The predicted molar refractivity (Wildman–Crippen MR) is 126 cm³/mol. The number of nitrogens with zero attached hydrogens (tertiary/aromatic N) is 3. The molecule has 2 aromatic carbocycles. The minimum absolute atomic E-state index is 0.259. The number of hydrogen-bond acceptors (Lipinski definition) is 4. The molecule has 3 aromatic rings. The monoisotopic (exact) mass is 487 g/mol. The molecule has 0 saturated heterocycles. The molecule has 10 heteroatoms. The van der Waals surface area contributed by atoms with E-state index in [2.05, 4.69) is 15.7 Å². The summed E-state index contributed by atoms with van der Waals surface area (Å²) in [5.41, 5.74) is 2.03. The van der Waals surface area contributed by atoms with Crippen molar-refractivity contribution in [3.05, 3.63) is 87.9 Å². The molecule has 35 heavy (non-hydrogen) atoms. The number of hydrogen-bond donors (Lipinski definition) is 2. The number of halogens is 4. The molecule has 6 nitrogen and oxygen atoms in total. The second kappa shape index (κ2) is 9.18. The van der Waals surface area contributed by atoms with Crippen LogP contribution in [-0.4, -0.2) is 34.7 Å². The molecule has 0 radical (unpaired) electrons. The van der Waals surface area contributed by atoms with Gasteiger partial charge < -0.3 is 15.5 Å². The molecule has 0 spiro atoms. The predicted octanol–water partition coefficient (Wildman–Crippen LogP) is 5.66. The zero-order valence-corrected chi connectivity index (χ0v) is 19.7. The molecular formula is C25H25F4N5O. The Balaban J connectivity index is 1.61. The molecule has 1 aromatic heterocycles. The zero-order chi connectivity index (χ0) is 25.5. The summed E-state index contributed by atoms with van der Waals surface area (Å²) in [7, 11) is 3.92. The third kappa shape index (κ3) is 5.07. The first-order chi connectivity index (χ1) is 16.4. The lowest BCUT2D eigenvalue weighted by molar-refractivity contribution is -0.140. The Morgan fingerprint density at radius 1 is 1.11 bits per heavy atom. The molecule has 2 N–H and O–H groups in total. The Morgan fingerprint density at radius 2 is 1.80 bits per heavy atom. The highest BCUT2D eigenvalue weighted by Crippen LogP contribution is 2.39. The van der Waals surface area contributed by atoms with Crippen LogP contribution in [0.3, 0.4) is 0 Å². The van der Waals surface area contributed by atoms with Gasteiger partial charge in [-0.05, 0) is 68.9 Å². The molecule has 0 fully saturated rings. The van der Waals surface area contributed by atoms with Gasteiger partial charge in [0, 0.05) is 23.9 Å². The van der Waals surface area contributed by atoms with Crippen molar-refractivity contribution in [2.24, 2.45) is 0 Å². The molecule has 0 aliphatic carbocycles. The summed E-state index contributed by atoms with van der Waals surface area (Å²) in [6, 6.07) is 11.1. The van der Waals surface area contributed by atoms with Crippen LogP contribution < -0.4 is 10.6 Å². The largest absolute Gasteiger partial charge is 0.419 e. The number of anilines is 2. The van der Waals surface area contributed by atoms with E-state index < -0.39 is 23.6 Å². The minimum Gasteiger partial charge on any atom is -0.344 e. The second-order valence-corrected chi connectivity index (χ2v) is 8.82. The van der Waals surface area contributed by atoms with E-state index in [1.165, 1.54) is 10.7 Å². The van der Waals surface area contributed by atoms with E-state index >= 15 is 0 Å². The lowest BCUT2D eigenvalue weighted by Gasteiger charge is -2.28. The smallest absolute Gasteiger partial charge is 0.344 e. The van der Waals surface area contributed by atoms with E-state index in [-0.39, 0.29) is 11.7 Å². The van der Waals surface area contributed by atoms with Gasteiger partial charge in [-0.2, -0.15) is 18.3 Å². The SMILES string of the molecule is CC1=C(C)C(c2ccc(C(F)(F)F)c(F)c2)n2nc(NC(=O)c3ccc(CN(C)C)cc3)cc2N1. The van der Waals surface area contributed by atoms with Crippen LogP contribution in [0.5, 0.6) is 0 Å². The first kappa shape index (κ1) is 24.5. The number of amides is 1. The molecular weight excluding hydrogens is 462 g/mol. The first-order valence-corrected chi connectivity index (χ1v) is 10.9. The normalized spacial score (nSPS) is 15.7. The number of carbonyl (C=O) groups is 1. The number of fused-ring (bicyclic) bond motifs is 1. The maximum atomic E-state index is 14.3. The third-order valence-corrected chi connectivity index (χ3v) is 5.87. The van der Waals surface area contributed by atoms with Crippen LogP contribution >= 0.6 is 0 Å². The number of benzene rings is 2. The Kier molecular flexibility index (Phi) is 6.42. The van der Waals surface area contributed by atoms with Crippen LogP contribution in [0.4, 0.5) is 29.2 Å². The van der Waals surface area contributed by atoms with Crippen molar-refractivity contribution in [2.75, 3.05) is 24.7 Å². The number of rotatable bonds is 5. The summed E-state index contributed by atoms with van der Waals surface area (Å²) in [4.78, 5) is 14.8. The number of allylic oxidation sites excluding steroid dienone is 2. The minimum atomic E-state index is -4.78. The lowest BCUT2D eigenvalue weighted by Crippen LogP contribution is -2.23. The highest BCUT2D eigenvalue weighted by atomic mass is 19.4. The molecule has 184 valence electrons. The van der Waals surface area contributed by atoms with Crippen LogP contribution in [0, 0.1) is 5.82 Å². The summed E-state index contributed by atoms with van der Waals surface area (Å²) in [6.07, 6.45) is -4.78. The van der Waals surface area contributed by atoms with Gasteiger partial charge in [-0.3, -0.25) is 4.79 Å². The molecule has 1 unspecified atom stereocenters. The fourth-order valence-electron chi connectivity index (χ4n) is 4.06. The van der Waals surface area contributed by atoms with Crippen LogP contribution in [0.25, 0.3) is 0 Å². The van der Waals surface area contributed by atoms with Crippen LogP contribution in [0.2, 0.25) is 0 Å². The average molecular weight is 488 g/mol. The van der Waals surface area contributed by atoms with Crippen molar-refractivity contribution in [3.63, 3.8) is 0 Å². The standard InChI is InChI=1S/C25H25F4N5O/c1-14-15(2)30-22-12-21(31-24(35)17-7-5-16(6-8-17)13-33(3)4)32-34(22)23(14)18-9-10-19(20(26)11-18)25(27,28)29/h5-12,23,30H,13H2,1-4H3,(H,31,32,35). The van der Waals surface area contributed by atoms with Gasteiger partial charge in [0.15, 0.2) is 5.82 Å². The quantitative estimate of drug-likeness (QED) is 0.456. The molecule has 1 aliphatic heterocycles. The van der Waals surface area contributed by atoms with E-state index in [0.29, 0.717) is 16.9 Å². The Hall–Kier alpha value is -3.66. The van der Waals surface area contributed by atoms with Crippen LogP contribution in [-0.2, 0) is 12.7 Å². The van der Waals surface area contributed by atoms with Crippen molar-refractivity contribution < 1.29 is 22.4 Å². The molecule has 1 aliphatic rings. The van der Waals surface area contributed by atoms with E-state index in [1.807, 2.05) is 38.1 Å². The van der Waals surface area contributed by atoms with Crippen molar-refractivity contribution in [1.29, 1.82) is 0 Å². The van der Waals surface area contributed by atoms with Gasteiger partial charge in [0.05, 0.1) is 5.56 Å².